The maximum Gasteiger partial charge on any atom is 0.0600 e. The Hall–Kier alpha value is -0.0800. The van der Waals surface area contributed by atoms with Crippen LogP contribution in [0.15, 0.2) is 0 Å². The van der Waals surface area contributed by atoms with Crippen LogP contribution in [0.3, 0.4) is 0 Å². The van der Waals surface area contributed by atoms with E-state index in [-0.39, 0.29) is 0 Å². The van der Waals surface area contributed by atoms with Gasteiger partial charge in [0.25, 0.3) is 0 Å². The van der Waals surface area contributed by atoms with Gasteiger partial charge in [0.05, 0.1) is 6.10 Å². The predicted molar refractivity (Wildman–Crippen MR) is 65.1 cm³/mol. The molecule has 0 radical (unpaired) electrons. The van der Waals surface area contributed by atoms with Gasteiger partial charge in [-0.2, -0.15) is 0 Å². The van der Waals surface area contributed by atoms with E-state index in [1.807, 2.05) is 0 Å². The van der Waals surface area contributed by atoms with E-state index >= 15 is 0 Å². The minimum Gasteiger partial charge on any atom is -0.378 e. The molecule has 1 rings (SSSR count). The van der Waals surface area contributed by atoms with Crippen molar-refractivity contribution in [3.05, 3.63) is 0 Å². The van der Waals surface area contributed by atoms with Crippen molar-refractivity contribution >= 4 is 0 Å². The van der Waals surface area contributed by atoms with Crippen molar-refractivity contribution in [2.24, 2.45) is 5.92 Å². The van der Waals surface area contributed by atoms with Crippen LogP contribution in [0.5, 0.6) is 0 Å². The SMILES string of the molecule is CC(C)NCCCOC1CCCCC1C. The summed E-state index contributed by atoms with van der Waals surface area (Å²) in [4.78, 5) is 0. The summed E-state index contributed by atoms with van der Waals surface area (Å²) in [7, 11) is 0. The van der Waals surface area contributed by atoms with Crippen molar-refractivity contribution in [3.63, 3.8) is 0 Å². The van der Waals surface area contributed by atoms with E-state index in [1.54, 1.807) is 0 Å². The van der Waals surface area contributed by atoms with Crippen molar-refractivity contribution in [3.8, 4) is 0 Å². The lowest BCUT2D eigenvalue weighted by atomic mass is 9.88. The summed E-state index contributed by atoms with van der Waals surface area (Å²) in [6.07, 6.45) is 7.07. The highest BCUT2D eigenvalue weighted by Crippen LogP contribution is 2.26. The fourth-order valence-electron chi connectivity index (χ4n) is 2.23. The summed E-state index contributed by atoms with van der Waals surface area (Å²) in [6, 6.07) is 0.596. The molecule has 0 bridgehead atoms. The van der Waals surface area contributed by atoms with Gasteiger partial charge < -0.3 is 10.1 Å². The summed E-state index contributed by atoms with van der Waals surface area (Å²) in [5.74, 6) is 0.775. The molecule has 1 aliphatic carbocycles. The summed E-state index contributed by atoms with van der Waals surface area (Å²) in [6.45, 7) is 8.71. The molecule has 1 fully saturated rings. The Bertz CT molecular complexity index is 159. The van der Waals surface area contributed by atoms with Gasteiger partial charge in [-0.3, -0.25) is 0 Å². The molecule has 1 N–H and O–H groups in total. The van der Waals surface area contributed by atoms with Gasteiger partial charge in [0.15, 0.2) is 0 Å². The largest absolute Gasteiger partial charge is 0.378 e. The molecule has 15 heavy (non-hydrogen) atoms. The molecule has 0 spiro atoms. The lowest BCUT2D eigenvalue weighted by molar-refractivity contribution is -0.00582. The van der Waals surface area contributed by atoms with Crippen LogP contribution in [-0.2, 0) is 4.74 Å². The molecule has 1 aliphatic rings. The van der Waals surface area contributed by atoms with E-state index in [1.165, 1.54) is 25.7 Å². The van der Waals surface area contributed by atoms with Crippen LogP contribution in [0, 0.1) is 5.92 Å². The highest BCUT2D eigenvalue weighted by Gasteiger charge is 2.21. The lowest BCUT2D eigenvalue weighted by Crippen LogP contribution is -2.28. The fraction of sp³-hybridized carbons (Fsp3) is 1.00. The second kappa shape index (κ2) is 7.24. The van der Waals surface area contributed by atoms with Crippen LogP contribution >= 0.6 is 0 Å². The van der Waals surface area contributed by atoms with Crippen molar-refractivity contribution in [1.82, 2.24) is 5.32 Å². The van der Waals surface area contributed by atoms with Crippen molar-refractivity contribution in [1.29, 1.82) is 0 Å². The lowest BCUT2D eigenvalue weighted by Gasteiger charge is -2.28. The minimum atomic E-state index is 0.540. The average Bonchev–Trinajstić information content (AvgIpc) is 2.20. The average molecular weight is 213 g/mol. The smallest absolute Gasteiger partial charge is 0.0600 e. The van der Waals surface area contributed by atoms with Crippen molar-refractivity contribution in [2.75, 3.05) is 13.2 Å². The molecule has 0 saturated heterocycles. The Kier molecular flexibility index (Phi) is 6.26. The van der Waals surface area contributed by atoms with Crippen LogP contribution in [0.1, 0.15) is 52.9 Å². The van der Waals surface area contributed by atoms with Crippen LogP contribution in [0.4, 0.5) is 0 Å². The normalized spacial score (nSPS) is 27.2. The molecule has 0 amide bonds. The van der Waals surface area contributed by atoms with Gasteiger partial charge in [-0.15, -0.1) is 0 Å². The quantitative estimate of drug-likeness (QED) is 0.685. The van der Waals surface area contributed by atoms with Crippen LogP contribution in [0.25, 0.3) is 0 Å². The molecule has 0 aromatic carbocycles. The van der Waals surface area contributed by atoms with E-state index in [0.717, 1.165) is 25.5 Å². The first kappa shape index (κ1) is 13.0. The third kappa shape index (κ3) is 5.53. The highest BCUT2D eigenvalue weighted by molar-refractivity contribution is 4.72. The highest BCUT2D eigenvalue weighted by atomic mass is 16.5. The van der Waals surface area contributed by atoms with E-state index in [4.69, 9.17) is 4.74 Å². The first-order valence-corrected chi connectivity index (χ1v) is 6.55. The molecular weight excluding hydrogens is 186 g/mol. The number of nitrogens with one attached hydrogen (secondary N) is 1. The molecular formula is C13H27NO. The maximum absolute atomic E-state index is 5.94. The Balaban J connectivity index is 1.99. The Morgan fingerprint density at radius 2 is 2.00 bits per heavy atom. The topological polar surface area (TPSA) is 21.3 Å². The first-order chi connectivity index (χ1) is 7.20. The van der Waals surface area contributed by atoms with Crippen LogP contribution in [0.2, 0.25) is 0 Å². The molecule has 2 atom stereocenters. The maximum atomic E-state index is 5.94. The van der Waals surface area contributed by atoms with E-state index in [2.05, 4.69) is 26.1 Å². The van der Waals surface area contributed by atoms with Gasteiger partial charge in [-0.1, -0.05) is 33.6 Å². The number of ether oxygens (including phenoxy) is 1. The Morgan fingerprint density at radius 1 is 1.27 bits per heavy atom. The molecule has 0 heterocycles. The zero-order valence-electron chi connectivity index (χ0n) is 10.6. The molecule has 1 saturated carbocycles. The van der Waals surface area contributed by atoms with Gasteiger partial charge in [-0.25, -0.2) is 0 Å². The standard InChI is InChI=1S/C13H27NO/c1-11(2)14-9-6-10-15-13-8-5-4-7-12(13)3/h11-14H,4-10H2,1-3H3. The van der Waals surface area contributed by atoms with E-state index in [0.29, 0.717) is 12.1 Å². The van der Waals surface area contributed by atoms with E-state index in [9.17, 15) is 0 Å². The van der Waals surface area contributed by atoms with Crippen molar-refractivity contribution < 1.29 is 4.74 Å². The number of hydrogen-bond acceptors (Lipinski definition) is 2. The van der Waals surface area contributed by atoms with E-state index < -0.39 is 0 Å². The molecule has 90 valence electrons. The third-order valence-corrected chi connectivity index (χ3v) is 3.24. The van der Waals surface area contributed by atoms with Crippen LogP contribution < -0.4 is 5.32 Å². The van der Waals surface area contributed by atoms with Gasteiger partial charge in [0.2, 0.25) is 0 Å². The fourth-order valence-corrected chi connectivity index (χ4v) is 2.23. The second-order valence-electron chi connectivity index (χ2n) is 5.13. The minimum absolute atomic E-state index is 0.540. The second-order valence-corrected chi connectivity index (χ2v) is 5.13. The Morgan fingerprint density at radius 3 is 2.67 bits per heavy atom. The first-order valence-electron chi connectivity index (χ1n) is 6.55. The zero-order chi connectivity index (χ0) is 11.1. The number of hydrogen-bond donors (Lipinski definition) is 1. The van der Waals surface area contributed by atoms with Crippen molar-refractivity contribution in [2.45, 2.75) is 65.0 Å². The summed E-state index contributed by atoms with van der Waals surface area (Å²) >= 11 is 0. The zero-order valence-corrected chi connectivity index (χ0v) is 10.6. The summed E-state index contributed by atoms with van der Waals surface area (Å²) in [5.41, 5.74) is 0. The monoisotopic (exact) mass is 213 g/mol. The summed E-state index contributed by atoms with van der Waals surface area (Å²) < 4.78 is 5.94. The van der Waals surface area contributed by atoms with Crippen LogP contribution in [-0.4, -0.2) is 25.3 Å². The molecule has 0 aromatic rings. The molecule has 2 unspecified atom stereocenters. The molecule has 2 heteroatoms. The predicted octanol–water partition coefficient (Wildman–Crippen LogP) is 2.97. The molecule has 0 aliphatic heterocycles. The Labute approximate surface area is 94.8 Å². The van der Waals surface area contributed by atoms with Gasteiger partial charge >= 0.3 is 0 Å². The van der Waals surface area contributed by atoms with Gasteiger partial charge in [0, 0.05) is 12.6 Å². The molecule has 0 aromatic heterocycles. The number of rotatable bonds is 6. The third-order valence-electron chi connectivity index (χ3n) is 3.24. The van der Waals surface area contributed by atoms with Gasteiger partial charge in [0.1, 0.15) is 0 Å². The summed E-state index contributed by atoms with van der Waals surface area (Å²) in [5, 5.41) is 3.41. The van der Waals surface area contributed by atoms with Gasteiger partial charge in [-0.05, 0) is 31.7 Å². The molecule has 2 nitrogen and oxygen atoms in total.